The first-order valence-electron chi connectivity index (χ1n) is 8.09. The number of furan rings is 1. The summed E-state index contributed by atoms with van der Waals surface area (Å²) in [4.78, 5) is 19.4. The van der Waals surface area contributed by atoms with Crippen LogP contribution in [0.1, 0.15) is 10.4 Å². The van der Waals surface area contributed by atoms with Gasteiger partial charge in [-0.15, -0.1) is 0 Å². The third-order valence-corrected chi connectivity index (χ3v) is 4.29. The van der Waals surface area contributed by atoms with Crippen LogP contribution in [-0.4, -0.2) is 28.2 Å². The molecular formula is C20H15N3O4. The van der Waals surface area contributed by atoms with Gasteiger partial charge in [0.25, 0.3) is 0 Å². The Hall–Kier alpha value is -3.87. The number of hydrogen-bond donors (Lipinski definition) is 2. The molecule has 0 amide bonds. The maximum atomic E-state index is 11.1. The molecule has 7 nitrogen and oxygen atoms in total. The molecule has 4 rings (SSSR count). The summed E-state index contributed by atoms with van der Waals surface area (Å²) in [5.74, 6) is 0.585. The number of benzene rings is 2. The topological polar surface area (TPSA) is 111 Å². The first kappa shape index (κ1) is 16.6. The van der Waals surface area contributed by atoms with Gasteiger partial charge in [0.2, 0.25) is 5.71 Å². The predicted molar refractivity (Wildman–Crippen MR) is 101 cm³/mol. The van der Waals surface area contributed by atoms with Gasteiger partial charge < -0.3 is 20.0 Å². The maximum absolute atomic E-state index is 11.1. The maximum Gasteiger partial charge on any atom is 0.335 e. The van der Waals surface area contributed by atoms with Crippen LogP contribution in [0.5, 0.6) is 5.75 Å². The number of carboxylic acid groups (broad SMARTS) is 1. The number of nitrogens with zero attached hydrogens (tertiary/aromatic N) is 2. The van der Waals surface area contributed by atoms with Crippen molar-refractivity contribution in [3.8, 4) is 28.2 Å². The lowest BCUT2D eigenvalue weighted by Crippen LogP contribution is -1.95. The number of ether oxygens (including phenoxy) is 1. The van der Waals surface area contributed by atoms with E-state index in [9.17, 15) is 4.79 Å². The average Bonchev–Trinajstić information content (AvgIpc) is 3.09. The number of anilines is 1. The van der Waals surface area contributed by atoms with Crippen molar-refractivity contribution >= 4 is 22.9 Å². The van der Waals surface area contributed by atoms with Crippen LogP contribution < -0.4 is 10.5 Å². The Bertz CT molecular complexity index is 1130. The summed E-state index contributed by atoms with van der Waals surface area (Å²) in [5.41, 5.74) is 8.96. The van der Waals surface area contributed by atoms with E-state index in [1.807, 2.05) is 24.3 Å². The smallest absolute Gasteiger partial charge is 0.335 e. The summed E-state index contributed by atoms with van der Waals surface area (Å²) in [6.07, 6.45) is 1.34. The van der Waals surface area contributed by atoms with E-state index >= 15 is 0 Å². The fourth-order valence-electron chi connectivity index (χ4n) is 2.96. The Morgan fingerprint density at radius 1 is 1.04 bits per heavy atom. The van der Waals surface area contributed by atoms with Gasteiger partial charge >= 0.3 is 5.97 Å². The van der Waals surface area contributed by atoms with Gasteiger partial charge in [-0.25, -0.2) is 14.8 Å². The van der Waals surface area contributed by atoms with Crippen LogP contribution in [0.4, 0.5) is 5.82 Å². The normalized spacial score (nSPS) is 10.9. The standard InChI is InChI=1S/C20H15N3O4/c1-26-14-8-6-11(7-9-14)15-16-18(21)22-10-23-19(16)27-17(15)12-2-4-13(5-3-12)20(24)25/h2-10H,1H3,(H,24,25)(H2,21,22,23). The van der Waals surface area contributed by atoms with Gasteiger partial charge in [-0.2, -0.15) is 0 Å². The van der Waals surface area contributed by atoms with Crippen LogP contribution in [0.25, 0.3) is 33.6 Å². The molecule has 0 bridgehead atoms. The molecule has 0 atom stereocenters. The third-order valence-electron chi connectivity index (χ3n) is 4.29. The zero-order chi connectivity index (χ0) is 19.0. The number of fused-ring (bicyclic) bond motifs is 1. The molecule has 0 aliphatic rings. The van der Waals surface area contributed by atoms with Crippen molar-refractivity contribution in [3.63, 3.8) is 0 Å². The summed E-state index contributed by atoms with van der Waals surface area (Å²) >= 11 is 0. The number of carbonyl (C=O) groups is 1. The number of hydrogen-bond acceptors (Lipinski definition) is 6. The Kier molecular flexibility index (Phi) is 3.97. The van der Waals surface area contributed by atoms with E-state index in [2.05, 4.69) is 9.97 Å². The van der Waals surface area contributed by atoms with Gasteiger partial charge in [0, 0.05) is 11.1 Å². The summed E-state index contributed by atoms with van der Waals surface area (Å²) in [6.45, 7) is 0. The van der Waals surface area contributed by atoms with Gasteiger partial charge in [-0.3, -0.25) is 0 Å². The molecule has 0 saturated carbocycles. The Morgan fingerprint density at radius 2 is 1.70 bits per heavy atom. The molecule has 27 heavy (non-hydrogen) atoms. The molecule has 0 fully saturated rings. The molecule has 2 heterocycles. The lowest BCUT2D eigenvalue weighted by atomic mass is 9.98. The quantitative estimate of drug-likeness (QED) is 0.568. The summed E-state index contributed by atoms with van der Waals surface area (Å²) in [6, 6.07) is 13.9. The number of carboxylic acids is 1. The van der Waals surface area contributed by atoms with Gasteiger partial charge in [0.15, 0.2) is 0 Å². The molecule has 0 saturated heterocycles. The van der Waals surface area contributed by atoms with Crippen molar-refractivity contribution in [2.75, 3.05) is 12.8 Å². The fourth-order valence-corrected chi connectivity index (χ4v) is 2.96. The zero-order valence-corrected chi connectivity index (χ0v) is 14.3. The van der Waals surface area contributed by atoms with E-state index in [1.54, 1.807) is 19.2 Å². The van der Waals surface area contributed by atoms with Crippen molar-refractivity contribution in [1.29, 1.82) is 0 Å². The van der Waals surface area contributed by atoms with E-state index in [-0.39, 0.29) is 5.56 Å². The van der Waals surface area contributed by atoms with E-state index in [0.29, 0.717) is 28.2 Å². The molecule has 3 N–H and O–H groups in total. The second-order valence-electron chi connectivity index (χ2n) is 5.86. The molecule has 4 aromatic rings. The van der Waals surface area contributed by atoms with Crippen LogP contribution in [-0.2, 0) is 0 Å². The number of nitrogens with two attached hydrogens (primary N) is 1. The van der Waals surface area contributed by atoms with Gasteiger partial charge in [-0.05, 0) is 29.8 Å². The van der Waals surface area contributed by atoms with Crippen molar-refractivity contribution in [1.82, 2.24) is 9.97 Å². The van der Waals surface area contributed by atoms with Gasteiger partial charge in [-0.1, -0.05) is 24.3 Å². The molecule has 7 heteroatoms. The third kappa shape index (κ3) is 2.85. The van der Waals surface area contributed by atoms with Crippen molar-refractivity contribution in [2.45, 2.75) is 0 Å². The number of aromatic nitrogens is 2. The Balaban J connectivity index is 1.96. The SMILES string of the molecule is COc1ccc(-c2c(-c3ccc(C(=O)O)cc3)oc3ncnc(N)c23)cc1. The minimum absolute atomic E-state index is 0.195. The van der Waals surface area contributed by atoms with E-state index in [0.717, 1.165) is 16.9 Å². The Labute approximate surface area is 154 Å². The molecule has 0 radical (unpaired) electrons. The fraction of sp³-hybridized carbons (Fsp3) is 0.0500. The molecule has 0 unspecified atom stereocenters. The second-order valence-corrected chi connectivity index (χ2v) is 5.86. The predicted octanol–water partition coefficient (Wildman–Crippen LogP) is 3.85. The van der Waals surface area contributed by atoms with Crippen molar-refractivity contribution in [3.05, 3.63) is 60.4 Å². The number of aromatic carboxylic acids is 1. The molecule has 2 aromatic heterocycles. The van der Waals surface area contributed by atoms with E-state index < -0.39 is 5.97 Å². The molecule has 0 spiro atoms. The summed E-state index contributed by atoms with van der Waals surface area (Å²) < 4.78 is 11.2. The van der Waals surface area contributed by atoms with Crippen LogP contribution in [0, 0.1) is 0 Å². The van der Waals surface area contributed by atoms with Crippen molar-refractivity contribution in [2.24, 2.45) is 0 Å². The highest BCUT2D eigenvalue weighted by atomic mass is 16.5. The number of rotatable bonds is 4. The van der Waals surface area contributed by atoms with Crippen LogP contribution in [0.3, 0.4) is 0 Å². The molecule has 2 aromatic carbocycles. The van der Waals surface area contributed by atoms with Crippen molar-refractivity contribution < 1.29 is 19.1 Å². The number of methoxy groups -OCH3 is 1. The highest BCUT2D eigenvalue weighted by Gasteiger charge is 2.21. The molecular weight excluding hydrogens is 346 g/mol. The van der Waals surface area contributed by atoms with E-state index in [1.165, 1.54) is 18.5 Å². The van der Waals surface area contributed by atoms with Gasteiger partial charge in [0.05, 0.1) is 18.1 Å². The van der Waals surface area contributed by atoms with Crippen LogP contribution >= 0.6 is 0 Å². The lowest BCUT2D eigenvalue weighted by molar-refractivity contribution is 0.0697. The minimum atomic E-state index is -0.989. The second kappa shape index (κ2) is 6.45. The Morgan fingerprint density at radius 3 is 2.33 bits per heavy atom. The van der Waals surface area contributed by atoms with Crippen LogP contribution in [0.15, 0.2) is 59.3 Å². The number of nitrogen functional groups attached to an aromatic ring is 1. The zero-order valence-electron chi connectivity index (χ0n) is 14.3. The van der Waals surface area contributed by atoms with E-state index in [4.69, 9.17) is 20.0 Å². The highest BCUT2D eigenvalue weighted by molar-refractivity contribution is 6.05. The first-order valence-corrected chi connectivity index (χ1v) is 8.09. The van der Waals surface area contributed by atoms with Crippen LogP contribution in [0.2, 0.25) is 0 Å². The highest BCUT2D eigenvalue weighted by Crippen LogP contribution is 2.42. The average molecular weight is 361 g/mol. The summed E-state index contributed by atoms with van der Waals surface area (Å²) in [7, 11) is 1.60. The lowest BCUT2D eigenvalue weighted by Gasteiger charge is -2.06. The largest absolute Gasteiger partial charge is 0.497 e. The first-order chi connectivity index (χ1) is 13.1. The monoisotopic (exact) mass is 361 g/mol. The summed E-state index contributed by atoms with van der Waals surface area (Å²) in [5, 5.41) is 9.72. The molecule has 0 aliphatic heterocycles. The molecule has 0 aliphatic carbocycles. The molecule has 134 valence electrons. The van der Waals surface area contributed by atoms with Gasteiger partial charge in [0.1, 0.15) is 23.7 Å². The minimum Gasteiger partial charge on any atom is -0.497 e.